The Morgan fingerprint density at radius 3 is 2.43 bits per heavy atom. The van der Waals surface area contributed by atoms with Crippen molar-refractivity contribution in [3.8, 4) is 5.75 Å². The minimum absolute atomic E-state index is 0.181. The molecule has 6 heteroatoms. The van der Waals surface area contributed by atoms with Gasteiger partial charge in [-0.3, -0.25) is 0 Å². The smallest absolute Gasteiger partial charge is 0.272 e. The highest BCUT2D eigenvalue weighted by Crippen LogP contribution is 2.29. The van der Waals surface area contributed by atoms with Crippen molar-refractivity contribution < 1.29 is 13.2 Å². The summed E-state index contributed by atoms with van der Waals surface area (Å²) in [7, 11) is -3.70. The summed E-state index contributed by atoms with van der Waals surface area (Å²) in [4.78, 5) is 4.16. The standard InChI is InChI=1S/C15H20N2O3S/c1-5-8-20-14-9-11(2)12(3)10-15(14)21(18,19)17-7-6-16-13(17)4/h6-7,9-10H,5,8H2,1-4H3. The minimum atomic E-state index is -3.70. The third-order valence-corrected chi connectivity index (χ3v) is 5.12. The second-order valence-electron chi connectivity index (χ2n) is 5.01. The Morgan fingerprint density at radius 2 is 1.86 bits per heavy atom. The average Bonchev–Trinajstić information content (AvgIpc) is 2.86. The van der Waals surface area contributed by atoms with Crippen LogP contribution >= 0.6 is 0 Å². The molecule has 0 saturated carbocycles. The van der Waals surface area contributed by atoms with Crippen molar-refractivity contribution in [2.75, 3.05) is 6.61 Å². The SMILES string of the molecule is CCCOc1cc(C)c(C)cc1S(=O)(=O)n1ccnc1C. The maximum Gasteiger partial charge on any atom is 0.272 e. The molecule has 2 aromatic rings. The molecule has 0 fully saturated rings. The molecular formula is C15H20N2O3S. The van der Waals surface area contributed by atoms with Gasteiger partial charge in [-0.2, -0.15) is 0 Å². The Bertz CT molecular complexity index is 748. The van der Waals surface area contributed by atoms with Gasteiger partial charge in [0.2, 0.25) is 0 Å². The van der Waals surface area contributed by atoms with Gasteiger partial charge in [-0.05, 0) is 50.5 Å². The Balaban J connectivity index is 2.61. The van der Waals surface area contributed by atoms with Crippen LogP contribution in [0.1, 0.15) is 30.3 Å². The van der Waals surface area contributed by atoms with Crippen LogP contribution in [-0.4, -0.2) is 24.0 Å². The van der Waals surface area contributed by atoms with Crippen molar-refractivity contribution in [3.05, 3.63) is 41.5 Å². The number of imidazole rings is 1. The van der Waals surface area contributed by atoms with Gasteiger partial charge in [0.25, 0.3) is 10.0 Å². The third kappa shape index (κ3) is 2.95. The van der Waals surface area contributed by atoms with Crippen LogP contribution in [0, 0.1) is 20.8 Å². The molecule has 0 atom stereocenters. The van der Waals surface area contributed by atoms with Crippen LogP contribution in [0.4, 0.5) is 0 Å². The van der Waals surface area contributed by atoms with Gasteiger partial charge in [0.1, 0.15) is 16.5 Å². The number of aromatic nitrogens is 2. The van der Waals surface area contributed by atoms with E-state index in [2.05, 4.69) is 4.98 Å². The largest absolute Gasteiger partial charge is 0.492 e. The molecular weight excluding hydrogens is 288 g/mol. The average molecular weight is 308 g/mol. The molecule has 0 radical (unpaired) electrons. The zero-order valence-electron chi connectivity index (χ0n) is 12.8. The number of ether oxygens (including phenoxy) is 1. The summed E-state index contributed by atoms with van der Waals surface area (Å²) >= 11 is 0. The lowest BCUT2D eigenvalue weighted by Gasteiger charge is -2.15. The molecule has 0 unspecified atom stereocenters. The summed E-state index contributed by atoms with van der Waals surface area (Å²) in [5.74, 6) is 0.822. The van der Waals surface area contributed by atoms with E-state index >= 15 is 0 Å². The van der Waals surface area contributed by atoms with E-state index in [0.29, 0.717) is 18.2 Å². The highest BCUT2D eigenvalue weighted by atomic mass is 32.2. The molecule has 0 amide bonds. The van der Waals surface area contributed by atoms with Gasteiger partial charge in [0.05, 0.1) is 6.61 Å². The summed E-state index contributed by atoms with van der Waals surface area (Å²) in [5.41, 5.74) is 1.91. The van der Waals surface area contributed by atoms with Crippen molar-refractivity contribution in [3.63, 3.8) is 0 Å². The van der Waals surface area contributed by atoms with Crippen LogP contribution in [0.5, 0.6) is 5.75 Å². The molecule has 0 aliphatic rings. The summed E-state index contributed by atoms with van der Waals surface area (Å²) in [6.07, 6.45) is 3.74. The second kappa shape index (κ2) is 5.89. The van der Waals surface area contributed by atoms with E-state index < -0.39 is 10.0 Å². The highest BCUT2D eigenvalue weighted by molar-refractivity contribution is 7.90. The van der Waals surface area contributed by atoms with Crippen molar-refractivity contribution in [2.45, 2.75) is 39.0 Å². The quantitative estimate of drug-likeness (QED) is 0.852. The lowest BCUT2D eigenvalue weighted by Crippen LogP contribution is -2.16. The Kier molecular flexibility index (Phi) is 4.37. The molecule has 21 heavy (non-hydrogen) atoms. The van der Waals surface area contributed by atoms with E-state index in [1.54, 1.807) is 19.1 Å². The molecule has 1 aromatic carbocycles. The van der Waals surface area contributed by atoms with Crippen LogP contribution < -0.4 is 4.74 Å². The van der Waals surface area contributed by atoms with E-state index in [-0.39, 0.29) is 4.90 Å². The van der Waals surface area contributed by atoms with Crippen LogP contribution in [0.15, 0.2) is 29.4 Å². The second-order valence-corrected chi connectivity index (χ2v) is 6.79. The van der Waals surface area contributed by atoms with Gasteiger partial charge >= 0.3 is 0 Å². The number of benzene rings is 1. The Labute approximate surface area is 125 Å². The number of hydrogen-bond donors (Lipinski definition) is 0. The molecule has 2 rings (SSSR count). The molecule has 0 spiro atoms. The van der Waals surface area contributed by atoms with E-state index in [4.69, 9.17) is 4.74 Å². The maximum absolute atomic E-state index is 12.8. The van der Waals surface area contributed by atoms with Gasteiger partial charge < -0.3 is 4.74 Å². The van der Waals surface area contributed by atoms with Gasteiger partial charge in [-0.1, -0.05) is 6.92 Å². The first-order valence-corrected chi connectivity index (χ1v) is 8.31. The molecule has 0 saturated heterocycles. The minimum Gasteiger partial charge on any atom is -0.492 e. The van der Waals surface area contributed by atoms with Crippen LogP contribution in [0.25, 0.3) is 0 Å². The van der Waals surface area contributed by atoms with E-state index in [1.807, 2.05) is 20.8 Å². The predicted molar refractivity (Wildman–Crippen MR) is 81.2 cm³/mol. The topological polar surface area (TPSA) is 61.2 Å². The van der Waals surface area contributed by atoms with Gasteiger partial charge in [0, 0.05) is 12.4 Å². The lowest BCUT2D eigenvalue weighted by molar-refractivity contribution is 0.309. The molecule has 0 aliphatic heterocycles. The number of aryl methyl sites for hydroxylation is 3. The normalized spacial score (nSPS) is 11.6. The first-order chi connectivity index (χ1) is 9.87. The summed E-state index contributed by atoms with van der Waals surface area (Å²) in [6.45, 7) is 7.94. The first-order valence-electron chi connectivity index (χ1n) is 6.87. The van der Waals surface area contributed by atoms with Crippen molar-refractivity contribution >= 4 is 10.0 Å². The number of rotatable bonds is 5. The molecule has 0 N–H and O–H groups in total. The highest BCUT2D eigenvalue weighted by Gasteiger charge is 2.24. The fraction of sp³-hybridized carbons (Fsp3) is 0.400. The summed E-state index contributed by atoms with van der Waals surface area (Å²) < 4.78 is 32.4. The van der Waals surface area contributed by atoms with E-state index in [9.17, 15) is 8.42 Å². The fourth-order valence-electron chi connectivity index (χ4n) is 2.02. The zero-order chi connectivity index (χ0) is 15.6. The van der Waals surface area contributed by atoms with Crippen LogP contribution in [0.3, 0.4) is 0 Å². The zero-order valence-corrected chi connectivity index (χ0v) is 13.6. The maximum atomic E-state index is 12.8. The number of hydrogen-bond acceptors (Lipinski definition) is 4. The van der Waals surface area contributed by atoms with Gasteiger partial charge in [0.15, 0.2) is 0 Å². The molecule has 0 aliphatic carbocycles. The monoisotopic (exact) mass is 308 g/mol. The van der Waals surface area contributed by atoms with Gasteiger partial charge in [-0.25, -0.2) is 17.4 Å². The van der Waals surface area contributed by atoms with Crippen LogP contribution in [-0.2, 0) is 10.0 Å². The van der Waals surface area contributed by atoms with Crippen molar-refractivity contribution in [1.82, 2.24) is 8.96 Å². The Hall–Kier alpha value is -1.82. The Morgan fingerprint density at radius 1 is 1.19 bits per heavy atom. The first kappa shape index (κ1) is 15.6. The summed E-state index contributed by atoms with van der Waals surface area (Å²) in [6, 6.07) is 3.44. The van der Waals surface area contributed by atoms with Crippen molar-refractivity contribution in [2.24, 2.45) is 0 Å². The molecule has 0 bridgehead atoms. The van der Waals surface area contributed by atoms with Crippen LogP contribution in [0.2, 0.25) is 0 Å². The molecule has 114 valence electrons. The fourth-order valence-corrected chi connectivity index (χ4v) is 3.54. The molecule has 1 aromatic heterocycles. The molecule has 1 heterocycles. The van der Waals surface area contributed by atoms with Gasteiger partial charge in [-0.15, -0.1) is 0 Å². The number of nitrogens with zero attached hydrogens (tertiary/aromatic N) is 2. The molecule has 5 nitrogen and oxygen atoms in total. The van der Waals surface area contributed by atoms with E-state index in [1.165, 1.54) is 16.4 Å². The lowest BCUT2D eigenvalue weighted by atomic mass is 10.1. The summed E-state index contributed by atoms with van der Waals surface area (Å²) in [5, 5.41) is 0. The van der Waals surface area contributed by atoms with E-state index in [0.717, 1.165) is 17.5 Å². The predicted octanol–water partition coefficient (Wildman–Crippen LogP) is 2.83. The third-order valence-electron chi connectivity index (χ3n) is 3.34. The van der Waals surface area contributed by atoms with Crippen molar-refractivity contribution in [1.29, 1.82) is 0 Å².